The molecule has 2 heterocycles. The molecule has 2 unspecified atom stereocenters. The Kier molecular flexibility index (Phi) is 3.57. The van der Waals surface area contributed by atoms with Crippen molar-refractivity contribution in [3.05, 3.63) is 47.6 Å². The van der Waals surface area contributed by atoms with Crippen LogP contribution in [-0.4, -0.2) is 28.5 Å². The summed E-state index contributed by atoms with van der Waals surface area (Å²) in [5, 5.41) is 14.1. The van der Waals surface area contributed by atoms with E-state index in [1.165, 1.54) is 0 Å². The van der Waals surface area contributed by atoms with Crippen LogP contribution in [0.3, 0.4) is 0 Å². The van der Waals surface area contributed by atoms with E-state index in [1.807, 2.05) is 30.3 Å². The lowest BCUT2D eigenvalue weighted by molar-refractivity contribution is 0.170. The van der Waals surface area contributed by atoms with Crippen LogP contribution in [0.1, 0.15) is 29.8 Å². The van der Waals surface area contributed by atoms with Gasteiger partial charge in [-0.2, -0.15) is 4.98 Å². The monoisotopic (exact) mass is 260 g/mol. The van der Waals surface area contributed by atoms with Crippen molar-refractivity contribution in [2.24, 2.45) is 5.92 Å². The Morgan fingerprint density at radius 1 is 1.32 bits per heavy atom. The molecule has 0 spiro atoms. The van der Waals surface area contributed by atoms with Gasteiger partial charge in [-0.05, 0) is 17.9 Å². The molecule has 0 amide bonds. The molecule has 2 aromatic rings. The lowest BCUT2D eigenvalue weighted by Crippen LogP contribution is -2.05. The van der Waals surface area contributed by atoms with Gasteiger partial charge >= 0.3 is 0 Å². The number of aliphatic hydroxyl groups is 1. The van der Waals surface area contributed by atoms with Crippen LogP contribution in [-0.2, 0) is 11.2 Å². The van der Waals surface area contributed by atoms with Crippen molar-refractivity contribution in [3.63, 3.8) is 0 Å². The van der Waals surface area contributed by atoms with E-state index in [-0.39, 0.29) is 5.89 Å². The van der Waals surface area contributed by atoms with Crippen LogP contribution in [0.2, 0.25) is 0 Å². The van der Waals surface area contributed by atoms with E-state index in [0.717, 1.165) is 31.6 Å². The standard InChI is InChI=1S/C14H16N2O3/c17-13(11-4-2-1-3-5-11)14-15-12(16-19-14)8-10-6-7-18-9-10/h1-5,10,13,17H,6-9H2. The zero-order valence-corrected chi connectivity index (χ0v) is 10.5. The molecular weight excluding hydrogens is 244 g/mol. The average Bonchev–Trinajstić information content (AvgIpc) is 3.11. The SMILES string of the molecule is OC(c1ccccc1)c1nc(CC2CCOC2)no1. The molecule has 3 rings (SSSR count). The maximum atomic E-state index is 10.1. The summed E-state index contributed by atoms with van der Waals surface area (Å²) in [6, 6.07) is 9.30. The van der Waals surface area contributed by atoms with Gasteiger partial charge in [-0.1, -0.05) is 35.5 Å². The first-order chi connectivity index (χ1) is 9.33. The molecule has 0 bridgehead atoms. The Hall–Kier alpha value is -1.72. The number of aromatic nitrogens is 2. The summed E-state index contributed by atoms with van der Waals surface area (Å²) in [6.07, 6.45) is 0.915. The first-order valence-electron chi connectivity index (χ1n) is 6.46. The number of aliphatic hydroxyl groups excluding tert-OH is 1. The van der Waals surface area contributed by atoms with Crippen LogP contribution in [0, 0.1) is 5.92 Å². The van der Waals surface area contributed by atoms with Gasteiger partial charge in [-0.3, -0.25) is 0 Å². The summed E-state index contributed by atoms with van der Waals surface area (Å²) in [6.45, 7) is 1.56. The number of hydrogen-bond acceptors (Lipinski definition) is 5. The number of nitrogens with zero attached hydrogens (tertiary/aromatic N) is 2. The Morgan fingerprint density at radius 2 is 2.16 bits per heavy atom. The van der Waals surface area contributed by atoms with Crippen molar-refractivity contribution in [1.82, 2.24) is 10.1 Å². The number of hydrogen-bond donors (Lipinski definition) is 1. The van der Waals surface area contributed by atoms with Gasteiger partial charge in [0.15, 0.2) is 11.9 Å². The highest BCUT2D eigenvalue weighted by Crippen LogP contribution is 2.22. The molecule has 1 N–H and O–H groups in total. The molecule has 100 valence electrons. The second-order valence-corrected chi connectivity index (χ2v) is 4.80. The normalized spacial score (nSPS) is 20.6. The number of rotatable bonds is 4. The minimum atomic E-state index is -0.859. The molecule has 5 heteroatoms. The van der Waals surface area contributed by atoms with E-state index in [0.29, 0.717) is 11.7 Å². The molecule has 1 aromatic heterocycles. The molecule has 5 nitrogen and oxygen atoms in total. The molecule has 1 aliphatic heterocycles. The van der Waals surface area contributed by atoms with E-state index in [2.05, 4.69) is 10.1 Å². The smallest absolute Gasteiger partial charge is 0.260 e. The largest absolute Gasteiger partial charge is 0.381 e. The van der Waals surface area contributed by atoms with Gasteiger partial charge in [0.25, 0.3) is 5.89 Å². The van der Waals surface area contributed by atoms with Gasteiger partial charge in [-0.25, -0.2) is 0 Å². The zero-order chi connectivity index (χ0) is 13.1. The van der Waals surface area contributed by atoms with Crippen LogP contribution >= 0.6 is 0 Å². The highest BCUT2D eigenvalue weighted by molar-refractivity contribution is 5.21. The quantitative estimate of drug-likeness (QED) is 0.906. The Balaban J connectivity index is 1.70. The molecular formula is C14H16N2O3. The Bertz CT molecular complexity index is 520. The van der Waals surface area contributed by atoms with Gasteiger partial charge in [0.2, 0.25) is 0 Å². The van der Waals surface area contributed by atoms with Crippen molar-refractivity contribution in [1.29, 1.82) is 0 Å². The summed E-state index contributed by atoms with van der Waals surface area (Å²) in [7, 11) is 0. The van der Waals surface area contributed by atoms with Crippen molar-refractivity contribution in [3.8, 4) is 0 Å². The highest BCUT2D eigenvalue weighted by Gasteiger charge is 2.22. The van der Waals surface area contributed by atoms with E-state index in [9.17, 15) is 5.11 Å². The summed E-state index contributed by atoms with van der Waals surface area (Å²) in [5.41, 5.74) is 0.752. The topological polar surface area (TPSA) is 68.4 Å². The fourth-order valence-electron chi connectivity index (χ4n) is 2.24. The lowest BCUT2D eigenvalue weighted by atomic mass is 10.1. The molecule has 1 aromatic carbocycles. The van der Waals surface area contributed by atoms with Gasteiger partial charge in [-0.15, -0.1) is 0 Å². The molecule has 1 fully saturated rings. The van der Waals surface area contributed by atoms with Crippen LogP contribution in [0.5, 0.6) is 0 Å². The van der Waals surface area contributed by atoms with Crippen molar-refractivity contribution in [2.75, 3.05) is 13.2 Å². The molecule has 0 aliphatic carbocycles. The van der Waals surface area contributed by atoms with Crippen molar-refractivity contribution >= 4 is 0 Å². The third-order valence-electron chi connectivity index (χ3n) is 3.33. The third kappa shape index (κ3) is 2.83. The maximum absolute atomic E-state index is 10.1. The van der Waals surface area contributed by atoms with Gasteiger partial charge < -0.3 is 14.4 Å². The first-order valence-corrected chi connectivity index (χ1v) is 6.46. The van der Waals surface area contributed by atoms with E-state index in [1.54, 1.807) is 0 Å². The highest BCUT2D eigenvalue weighted by atomic mass is 16.5. The third-order valence-corrected chi connectivity index (χ3v) is 3.33. The van der Waals surface area contributed by atoms with Gasteiger partial charge in [0.1, 0.15) is 0 Å². The second-order valence-electron chi connectivity index (χ2n) is 4.80. The van der Waals surface area contributed by atoms with Crippen LogP contribution in [0.4, 0.5) is 0 Å². The van der Waals surface area contributed by atoms with Crippen molar-refractivity contribution < 1.29 is 14.4 Å². The average molecular weight is 260 g/mol. The predicted molar refractivity (Wildman–Crippen MR) is 67.4 cm³/mol. The summed E-state index contributed by atoms with van der Waals surface area (Å²) < 4.78 is 10.5. The minimum Gasteiger partial charge on any atom is -0.381 e. The van der Waals surface area contributed by atoms with E-state index in [4.69, 9.17) is 9.26 Å². The predicted octanol–water partition coefficient (Wildman–Crippen LogP) is 1.73. The number of benzene rings is 1. The van der Waals surface area contributed by atoms with E-state index >= 15 is 0 Å². The summed E-state index contributed by atoms with van der Waals surface area (Å²) >= 11 is 0. The van der Waals surface area contributed by atoms with Crippen LogP contribution < -0.4 is 0 Å². The second kappa shape index (κ2) is 5.50. The van der Waals surface area contributed by atoms with Crippen LogP contribution in [0.15, 0.2) is 34.9 Å². The molecule has 0 saturated carbocycles. The van der Waals surface area contributed by atoms with Gasteiger partial charge in [0, 0.05) is 19.6 Å². The molecule has 2 atom stereocenters. The zero-order valence-electron chi connectivity index (χ0n) is 10.5. The van der Waals surface area contributed by atoms with E-state index < -0.39 is 6.10 Å². The minimum absolute atomic E-state index is 0.250. The Morgan fingerprint density at radius 3 is 2.89 bits per heavy atom. The molecule has 0 radical (unpaired) electrons. The fraction of sp³-hybridized carbons (Fsp3) is 0.429. The summed E-state index contributed by atoms with van der Waals surface area (Å²) in [4.78, 5) is 4.27. The maximum Gasteiger partial charge on any atom is 0.260 e. The molecule has 1 aliphatic rings. The first kappa shape index (κ1) is 12.3. The molecule has 19 heavy (non-hydrogen) atoms. The lowest BCUT2D eigenvalue weighted by Gasteiger charge is -2.04. The van der Waals surface area contributed by atoms with Crippen molar-refractivity contribution in [2.45, 2.75) is 18.9 Å². The number of ether oxygens (including phenoxy) is 1. The Labute approximate surface area is 111 Å². The summed E-state index contributed by atoms with van der Waals surface area (Å²) in [5.74, 6) is 1.35. The van der Waals surface area contributed by atoms with Crippen LogP contribution in [0.25, 0.3) is 0 Å². The fourth-order valence-corrected chi connectivity index (χ4v) is 2.24. The molecule has 1 saturated heterocycles. The van der Waals surface area contributed by atoms with Gasteiger partial charge in [0.05, 0.1) is 0 Å².